The van der Waals surface area contributed by atoms with Crippen molar-refractivity contribution < 1.29 is 9.53 Å². The molecule has 1 aliphatic carbocycles. The van der Waals surface area contributed by atoms with Crippen LogP contribution in [0, 0.1) is 11.8 Å². The van der Waals surface area contributed by atoms with Gasteiger partial charge in [-0.3, -0.25) is 4.79 Å². The highest BCUT2D eigenvalue weighted by Crippen LogP contribution is 2.31. The van der Waals surface area contributed by atoms with E-state index in [-0.39, 0.29) is 5.91 Å². The first kappa shape index (κ1) is 12.5. The zero-order chi connectivity index (χ0) is 11.3. The van der Waals surface area contributed by atoms with E-state index in [1.165, 1.54) is 12.8 Å². The Morgan fingerprint density at radius 1 is 1.47 bits per heavy atom. The van der Waals surface area contributed by atoms with Gasteiger partial charge in [-0.25, -0.2) is 0 Å². The van der Waals surface area contributed by atoms with E-state index in [0.29, 0.717) is 24.9 Å². The Bertz CT molecular complexity index is 209. The number of amides is 1. The van der Waals surface area contributed by atoms with Crippen LogP contribution in [0.1, 0.15) is 32.6 Å². The number of carbonyl (C=O) groups is 1. The van der Waals surface area contributed by atoms with Crippen LogP contribution in [0.3, 0.4) is 0 Å². The highest BCUT2D eigenvalue weighted by molar-refractivity contribution is 5.78. The van der Waals surface area contributed by atoms with Gasteiger partial charge in [-0.2, -0.15) is 0 Å². The van der Waals surface area contributed by atoms with Crippen molar-refractivity contribution >= 4 is 5.91 Å². The maximum Gasteiger partial charge on any atom is 0.246 e. The zero-order valence-corrected chi connectivity index (χ0v) is 9.45. The van der Waals surface area contributed by atoms with Crippen LogP contribution in [0.25, 0.3) is 0 Å². The Balaban J connectivity index is 2.32. The van der Waals surface area contributed by atoms with Crippen LogP contribution in [0.5, 0.6) is 0 Å². The number of rotatable bonds is 6. The summed E-state index contributed by atoms with van der Waals surface area (Å²) < 4.78 is 5.54. The standard InChI is InChI=1S/C11H22N2O2/c1-2-10(11(13)14)15-7-9-5-3-4-8(9)6-12/h8-10H,2-7,12H2,1H3,(H2,13,14). The third-order valence-corrected chi connectivity index (χ3v) is 3.32. The van der Waals surface area contributed by atoms with Gasteiger partial charge in [0.2, 0.25) is 5.91 Å². The molecule has 1 aliphatic rings. The first-order valence-electron chi connectivity index (χ1n) is 5.80. The maximum absolute atomic E-state index is 11.0. The number of hydrogen-bond acceptors (Lipinski definition) is 3. The predicted octanol–water partition coefficient (Wildman–Crippen LogP) is 0.642. The molecule has 4 heteroatoms. The SMILES string of the molecule is CCC(OCC1CCCC1CN)C(N)=O. The molecular formula is C11H22N2O2. The first-order valence-corrected chi connectivity index (χ1v) is 5.80. The normalized spacial score (nSPS) is 27.9. The van der Waals surface area contributed by atoms with Gasteiger partial charge in [-0.05, 0) is 37.6 Å². The molecular weight excluding hydrogens is 192 g/mol. The van der Waals surface area contributed by atoms with E-state index in [1.54, 1.807) is 0 Å². The Morgan fingerprint density at radius 2 is 2.13 bits per heavy atom. The largest absolute Gasteiger partial charge is 0.368 e. The second kappa shape index (κ2) is 6.08. The van der Waals surface area contributed by atoms with Crippen molar-refractivity contribution in [2.75, 3.05) is 13.2 Å². The molecule has 0 radical (unpaired) electrons. The molecule has 0 saturated heterocycles. The Kier molecular flexibility index (Phi) is 5.05. The molecule has 0 aliphatic heterocycles. The molecule has 3 atom stereocenters. The summed E-state index contributed by atoms with van der Waals surface area (Å²) in [5.41, 5.74) is 10.9. The van der Waals surface area contributed by atoms with E-state index in [1.807, 2.05) is 6.92 Å². The van der Waals surface area contributed by atoms with Gasteiger partial charge in [-0.15, -0.1) is 0 Å². The van der Waals surface area contributed by atoms with Crippen LogP contribution < -0.4 is 11.5 Å². The van der Waals surface area contributed by atoms with Crippen molar-refractivity contribution in [1.29, 1.82) is 0 Å². The fraction of sp³-hybridized carbons (Fsp3) is 0.909. The lowest BCUT2D eigenvalue weighted by molar-refractivity contribution is -0.130. The lowest BCUT2D eigenvalue weighted by Gasteiger charge is -2.20. The van der Waals surface area contributed by atoms with Crippen LogP contribution in [0.15, 0.2) is 0 Å². The van der Waals surface area contributed by atoms with Crippen molar-refractivity contribution in [3.05, 3.63) is 0 Å². The molecule has 4 nitrogen and oxygen atoms in total. The number of carbonyl (C=O) groups excluding carboxylic acids is 1. The fourth-order valence-electron chi connectivity index (χ4n) is 2.28. The van der Waals surface area contributed by atoms with Gasteiger partial charge in [-0.1, -0.05) is 13.3 Å². The van der Waals surface area contributed by atoms with Gasteiger partial charge in [0, 0.05) is 0 Å². The van der Waals surface area contributed by atoms with Gasteiger partial charge in [0.15, 0.2) is 0 Å². The van der Waals surface area contributed by atoms with E-state index in [2.05, 4.69) is 0 Å². The average Bonchev–Trinajstić information content (AvgIpc) is 2.65. The van der Waals surface area contributed by atoms with Gasteiger partial charge in [0.05, 0.1) is 6.61 Å². The van der Waals surface area contributed by atoms with E-state index in [4.69, 9.17) is 16.2 Å². The topological polar surface area (TPSA) is 78.3 Å². The Morgan fingerprint density at radius 3 is 2.67 bits per heavy atom. The summed E-state index contributed by atoms with van der Waals surface area (Å²) in [4.78, 5) is 11.0. The Labute approximate surface area is 91.3 Å². The van der Waals surface area contributed by atoms with Gasteiger partial charge in [0.1, 0.15) is 6.10 Å². The van der Waals surface area contributed by atoms with Crippen molar-refractivity contribution in [3.8, 4) is 0 Å². The summed E-state index contributed by atoms with van der Waals surface area (Å²) in [6.45, 7) is 3.26. The quantitative estimate of drug-likeness (QED) is 0.681. The minimum atomic E-state index is -0.427. The van der Waals surface area contributed by atoms with Gasteiger partial charge in [0.25, 0.3) is 0 Å². The molecule has 1 rings (SSSR count). The van der Waals surface area contributed by atoms with Crippen LogP contribution in [-0.4, -0.2) is 25.2 Å². The molecule has 4 N–H and O–H groups in total. The number of hydrogen-bond donors (Lipinski definition) is 2. The zero-order valence-electron chi connectivity index (χ0n) is 9.45. The van der Waals surface area contributed by atoms with Crippen LogP contribution in [0.2, 0.25) is 0 Å². The molecule has 88 valence electrons. The lowest BCUT2D eigenvalue weighted by Crippen LogP contribution is -2.33. The van der Waals surface area contributed by atoms with E-state index in [0.717, 1.165) is 13.0 Å². The summed E-state index contributed by atoms with van der Waals surface area (Å²) in [5, 5.41) is 0. The maximum atomic E-state index is 11.0. The smallest absolute Gasteiger partial charge is 0.246 e. The lowest BCUT2D eigenvalue weighted by atomic mass is 9.97. The van der Waals surface area contributed by atoms with Crippen molar-refractivity contribution in [2.24, 2.45) is 23.3 Å². The molecule has 0 aromatic carbocycles. The van der Waals surface area contributed by atoms with E-state index < -0.39 is 6.10 Å². The van der Waals surface area contributed by atoms with Crippen molar-refractivity contribution in [2.45, 2.75) is 38.7 Å². The summed E-state index contributed by atoms with van der Waals surface area (Å²) in [7, 11) is 0. The highest BCUT2D eigenvalue weighted by atomic mass is 16.5. The number of nitrogens with two attached hydrogens (primary N) is 2. The van der Waals surface area contributed by atoms with Crippen LogP contribution in [-0.2, 0) is 9.53 Å². The number of primary amides is 1. The second-order valence-electron chi connectivity index (χ2n) is 4.32. The molecule has 0 heterocycles. The molecule has 0 spiro atoms. The molecule has 0 bridgehead atoms. The van der Waals surface area contributed by atoms with Crippen molar-refractivity contribution in [1.82, 2.24) is 0 Å². The Hall–Kier alpha value is -0.610. The molecule has 3 unspecified atom stereocenters. The predicted molar refractivity (Wildman–Crippen MR) is 59.1 cm³/mol. The second-order valence-corrected chi connectivity index (χ2v) is 4.32. The third-order valence-electron chi connectivity index (χ3n) is 3.32. The summed E-state index contributed by atoms with van der Waals surface area (Å²) in [5.74, 6) is 0.721. The number of ether oxygens (including phenoxy) is 1. The molecule has 0 aromatic rings. The summed E-state index contributed by atoms with van der Waals surface area (Å²) in [6.07, 6.45) is 3.80. The molecule has 1 amide bonds. The third kappa shape index (κ3) is 3.47. The minimum Gasteiger partial charge on any atom is -0.368 e. The van der Waals surface area contributed by atoms with E-state index >= 15 is 0 Å². The van der Waals surface area contributed by atoms with Crippen LogP contribution in [0.4, 0.5) is 0 Å². The molecule has 1 fully saturated rings. The summed E-state index contributed by atoms with van der Waals surface area (Å²) in [6, 6.07) is 0. The highest BCUT2D eigenvalue weighted by Gasteiger charge is 2.27. The average molecular weight is 214 g/mol. The van der Waals surface area contributed by atoms with E-state index in [9.17, 15) is 4.79 Å². The van der Waals surface area contributed by atoms with Crippen molar-refractivity contribution in [3.63, 3.8) is 0 Å². The fourth-order valence-corrected chi connectivity index (χ4v) is 2.28. The minimum absolute atomic E-state index is 0.361. The van der Waals surface area contributed by atoms with Crippen LogP contribution >= 0.6 is 0 Å². The monoisotopic (exact) mass is 214 g/mol. The first-order chi connectivity index (χ1) is 7.19. The van der Waals surface area contributed by atoms with Gasteiger partial charge >= 0.3 is 0 Å². The molecule has 15 heavy (non-hydrogen) atoms. The summed E-state index contributed by atoms with van der Waals surface area (Å²) >= 11 is 0. The molecule has 0 aromatic heterocycles. The van der Waals surface area contributed by atoms with Gasteiger partial charge < -0.3 is 16.2 Å². The molecule has 1 saturated carbocycles.